The standard InChI is InChI=1S/C22H17NO5S/c1-29(27)19-12-18(24)21-20(19)16(22(25)26)11-17(23-21)13-7-9-15(10-8-13)28-14-5-3-2-4-6-14/h2-11,19H,12H2,1H3,(H,25,26). The number of ketones is 1. The quantitative estimate of drug-likeness (QED) is 0.635. The van der Waals surface area contributed by atoms with Gasteiger partial charge in [0.05, 0.1) is 23.9 Å². The molecule has 4 rings (SSSR count). The van der Waals surface area contributed by atoms with Crippen molar-refractivity contribution in [1.29, 1.82) is 0 Å². The van der Waals surface area contributed by atoms with E-state index in [9.17, 15) is 19.2 Å². The molecule has 1 N–H and O–H groups in total. The third-order valence-corrected chi connectivity index (χ3v) is 5.98. The highest BCUT2D eigenvalue weighted by molar-refractivity contribution is 7.91. The normalized spacial score (nSPS) is 16.3. The molecule has 0 amide bonds. The molecule has 0 spiro atoms. The first-order valence-corrected chi connectivity index (χ1v) is 10.5. The Kier molecular flexibility index (Phi) is 5.08. The van der Waals surface area contributed by atoms with E-state index >= 15 is 0 Å². The molecule has 3 aromatic rings. The Hall–Kier alpha value is -3.16. The molecule has 0 radical (unpaired) electrons. The van der Waals surface area contributed by atoms with Crippen molar-refractivity contribution in [3.05, 3.63) is 77.5 Å². The van der Waals surface area contributed by atoms with Crippen molar-refractivity contribution in [1.82, 2.24) is 4.98 Å². The first-order valence-electron chi connectivity index (χ1n) is 8.91. The summed E-state index contributed by atoms with van der Waals surface area (Å²) in [5, 5.41) is 9.02. The predicted octanol–water partition coefficient (Wildman–Crippen LogP) is 4.25. The number of aromatic nitrogens is 1. The van der Waals surface area contributed by atoms with E-state index in [1.54, 1.807) is 24.3 Å². The molecule has 2 unspecified atom stereocenters. The highest BCUT2D eigenvalue weighted by Crippen LogP contribution is 2.39. The monoisotopic (exact) mass is 407 g/mol. The second kappa shape index (κ2) is 7.69. The molecule has 0 saturated carbocycles. The minimum absolute atomic E-state index is 0.0129. The van der Waals surface area contributed by atoms with Gasteiger partial charge < -0.3 is 14.4 Å². The lowest BCUT2D eigenvalue weighted by atomic mass is 10.0. The number of pyridine rings is 1. The minimum atomic E-state index is -1.36. The smallest absolute Gasteiger partial charge is 0.336 e. The second-order valence-electron chi connectivity index (χ2n) is 6.68. The van der Waals surface area contributed by atoms with E-state index in [1.165, 1.54) is 12.3 Å². The van der Waals surface area contributed by atoms with Crippen molar-refractivity contribution in [3.63, 3.8) is 0 Å². The van der Waals surface area contributed by atoms with Gasteiger partial charge in [-0.1, -0.05) is 18.2 Å². The van der Waals surface area contributed by atoms with Gasteiger partial charge in [0.1, 0.15) is 17.2 Å². The first kappa shape index (κ1) is 19.2. The molecule has 146 valence electrons. The third-order valence-electron chi connectivity index (χ3n) is 4.78. The number of hydrogen-bond acceptors (Lipinski definition) is 5. The van der Waals surface area contributed by atoms with Gasteiger partial charge in [-0.25, -0.2) is 9.78 Å². The molecule has 2 atom stereocenters. The van der Waals surface area contributed by atoms with Crippen LogP contribution in [0.25, 0.3) is 11.3 Å². The van der Waals surface area contributed by atoms with Gasteiger partial charge in [-0.3, -0.25) is 4.79 Å². The summed E-state index contributed by atoms with van der Waals surface area (Å²) in [5.74, 6) is -0.127. The Labute approximate surface area is 170 Å². The molecule has 0 aliphatic heterocycles. The molecule has 29 heavy (non-hydrogen) atoms. The highest BCUT2D eigenvalue weighted by atomic mass is 32.2. The van der Waals surface area contributed by atoms with Gasteiger partial charge in [0.2, 0.25) is 0 Å². The van der Waals surface area contributed by atoms with E-state index in [0.717, 1.165) is 0 Å². The van der Waals surface area contributed by atoms with E-state index in [0.29, 0.717) is 22.8 Å². The molecular formula is C22H17NO5S. The number of rotatable bonds is 5. The fourth-order valence-corrected chi connectivity index (χ4v) is 4.34. The molecular weight excluding hydrogens is 390 g/mol. The molecule has 2 aromatic carbocycles. The zero-order chi connectivity index (χ0) is 20.5. The number of Topliss-reactive ketones (excluding diaryl/α,β-unsaturated/α-hetero) is 1. The number of para-hydroxylation sites is 1. The Morgan fingerprint density at radius 2 is 1.79 bits per heavy atom. The van der Waals surface area contributed by atoms with Crippen LogP contribution in [0.15, 0.2) is 60.7 Å². The third kappa shape index (κ3) is 3.74. The number of carbonyl (C=O) groups is 2. The van der Waals surface area contributed by atoms with E-state index in [2.05, 4.69) is 4.98 Å². The topological polar surface area (TPSA) is 99.5 Å². The average Bonchev–Trinajstić information content (AvgIpc) is 3.05. The Bertz CT molecular complexity index is 1080. The van der Waals surface area contributed by atoms with E-state index in [4.69, 9.17) is 4.74 Å². The Morgan fingerprint density at radius 3 is 2.41 bits per heavy atom. The number of carbonyl (C=O) groups excluding carboxylic acids is 1. The largest absolute Gasteiger partial charge is 0.616 e. The SMILES string of the molecule is C[S+]([O-])C1CC(=O)c2nc(-c3ccc(Oc4ccccc4)cc3)cc(C(=O)O)c21. The molecule has 0 saturated heterocycles. The lowest BCUT2D eigenvalue weighted by Crippen LogP contribution is -2.13. The molecule has 1 aliphatic rings. The summed E-state index contributed by atoms with van der Waals surface area (Å²) in [6.07, 6.45) is 1.48. The van der Waals surface area contributed by atoms with Gasteiger partial charge in [0.15, 0.2) is 11.0 Å². The zero-order valence-electron chi connectivity index (χ0n) is 15.5. The Balaban J connectivity index is 1.71. The maximum Gasteiger partial charge on any atom is 0.336 e. The minimum Gasteiger partial charge on any atom is -0.616 e. The van der Waals surface area contributed by atoms with Crippen LogP contribution in [0.5, 0.6) is 11.5 Å². The molecule has 7 heteroatoms. The number of nitrogens with zero attached hydrogens (tertiary/aromatic N) is 1. The van der Waals surface area contributed by atoms with Gasteiger partial charge in [0.25, 0.3) is 0 Å². The first-order chi connectivity index (χ1) is 13.9. The molecule has 0 fully saturated rings. The fourth-order valence-electron chi connectivity index (χ4n) is 3.39. The summed E-state index contributed by atoms with van der Waals surface area (Å²) in [6, 6.07) is 17.8. The van der Waals surface area contributed by atoms with Crippen LogP contribution in [0.2, 0.25) is 0 Å². The molecule has 1 aromatic heterocycles. The summed E-state index contributed by atoms with van der Waals surface area (Å²) in [5.41, 5.74) is 1.38. The highest BCUT2D eigenvalue weighted by Gasteiger charge is 2.41. The number of aromatic carboxylic acids is 1. The summed E-state index contributed by atoms with van der Waals surface area (Å²) in [6.45, 7) is 0. The van der Waals surface area contributed by atoms with Crippen molar-refractivity contribution in [2.45, 2.75) is 11.7 Å². The maximum atomic E-state index is 12.4. The molecule has 1 aliphatic carbocycles. The fraction of sp³-hybridized carbons (Fsp3) is 0.136. The summed E-state index contributed by atoms with van der Waals surface area (Å²) < 4.78 is 17.8. The average molecular weight is 407 g/mol. The van der Waals surface area contributed by atoms with Crippen molar-refractivity contribution < 1.29 is 24.0 Å². The number of fused-ring (bicyclic) bond motifs is 1. The van der Waals surface area contributed by atoms with Crippen LogP contribution >= 0.6 is 0 Å². The van der Waals surface area contributed by atoms with Crippen molar-refractivity contribution in [3.8, 4) is 22.8 Å². The number of ether oxygens (including phenoxy) is 1. The van der Waals surface area contributed by atoms with Crippen LogP contribution in [-0.2, 0) is 11.2 Å². The van der Waals surface area contributed by atoms with Crippen LogP contribution in [-0.4, -0.2) is 32.7 Å². The number of benzene rings is 2. The predicted molar refractivity (Wildman–Crippen MR) is 109 cm³/mol. The van der Waals surface area contributed by atoms with Gasteiger partial charge in [0, 0.05) is 11.1 Å². The van der Waals surface area contributed by atoms with Gasteiger partial charge in [-0.2, -0.15) is 0 Å². The number of hydrogen-bond donors (Lipinski definition) is 1. The zero-order valence-corrected chi connectivity index (χ0v) is 16.3. The molecule has 0 bridgehead atoms. The van der Waals surface area contributed by atoms with Crippen molar-refractivity contribution in [2.75, 3.05) is 6.26 Å². The maximum absolute atomic E-state index is 12.4. The van der Waals surface area contributed by atoms with Crippen molar-refractivity contribution in [2.24, 2.45) is 0 Å². The van der Waals surface area contributed by atoms with E-state index in [1.807, 2.05) is 30.3 Å². The summed E-state index contributed by atoms with van der Waals surface area (Å²) in [7, 11) is 0. The molecule has 6 nitrogen and oxygen atoms in total. The Morgan fingerprint density at radius 1 is 1.14 bits per heavy atom. The van der Waals surface area contributed by atoms with Crippen LogP contribution < -0.4 is 4.74 Å². The van der Waals surface area contributed by atoms with Crippen LogP contribution in [0.4, 0.5) is 0 Å². The lowest BCUT2D eigenvalue weighted by molar-refractivity contribution is 0.0695. The van der Waals surface area contributed by atoms with Crippen LogP contribution in [0, 0.1) is 0 Å². The van der Waals surface area contributed by atoms with Gasteiger partial charge in [-0.05, 0) is 53.6 Å². The summed E-state index contributed by atoms with van der Waals surface area (Å²) in [4.78, 5) is 28.6. The van der Waals surface area contributed by atoms with E-state index in [-0.39, 0.29) is 29.0 Å². The van der Waals surface area contributed by atoms with Gasteiger partial charge in [-0.15, -0.1) is 0 Å². The molecule has 1 heterocycles. The van der Waals surface area contributed by atoms with E-state index < -0.39 is 22.4 Å². The van der Waals surface area contributed by atoms with Crippen LogP contribution in [0.1, 0.15) is 38.1 Å². The second-order valence-corrected chi connectivity index (χ2v) is 8.24. The summed E-state index contributed by atoms with van der Waals surface area (Å²) >= 11 is -1.36. The number of carboxylic acids is 1. The lowest BCUT2D eigenvalue weighted by Gasteiger charge is -2.15. The van der Waals surface area contributed by atoms with Crippen molar-refractivity contribution >= 4 is 22.9 Å². The number of carboxylic acid groups (broad SMARTS) is 1. The van der Waals surface area contributed by atoms with Crippen LogP contribution in [0.3, 0.4) is 0 Å². The van der Waals surface area contributed by atoms with Gasteiger partial charge >= 0.3 is 5.97 Å².